The van der Waals surface area contributed by atoms with Crippen LogP contribution in [0, 0.1) is 5.92 Å². The Labute approximate surface area is 312 Å². The third kappa shape index (κ3) is 6.99. The van der Waals surface area contributed by atoms with E-state index in [4.69, 9.17) is 4.84 Å². The van der Waals surface area contributed by atoms with Crippen LogP contribution in [0.25, 0.3) is 11.1 Å². The van der Waals surface area contributed by atoms with Crippen LogP contribution in [0.5, 0.6) is 0 Å². The van der Waals surface area contributed by atoms with Crippen LogP contribution in [0.1, 0.15) is 79.3 Å². The summed E-state index contributed by atoms with van der Waals surface area (Å²) in [5.41, 5.74) is 3.21. The van der Waals surface area contributed by atoms with Crippen LogP contribution in [0.15, 0.2) is 84.3 Å². The average Bonchev–Trinajstić information content (AvgIpc) is 4.09. The molecule has 1 aromatic heterocycles. The predicted molar refractivity (Wildman–Crippen MR) is 197 cm³/mol. The van der Waals surface area contributed by atoms with Crippen molar-refractivity contribution in [3.05, 3.63) is 95.8 Å². The van der Waals surface area contributed by atoms with Gasteiger partial charge in [-0.3, -0.25) is 23.9 Å². The molecule has 3 aliphatic carbocycles. The second-order valence-electron chi connectivity index (χ2n) is 14.7. The number of fused-ring (bicyclic) bond motifs is 5. The highest BCUT2D eigenvalue weighted by atomic mass is 32.2. The molecule has 5 atom stereocenters. The van der Waals surface area contributed by atoms with Gasteiger partial charge in [0.2, 0.25) is 21.8 Å². The Hall–Kier alpha value is -5.44. The van der Waals surface area contributed by atoms with Crippen molar-refractivity contribution in [2.75, 3.05) is 6.54 Å². The van der Waals surface area contributed by atoms with E-state index in [9.17, 15) is 27.6 Å². The van der Waals surface area contributed by atoms with Crippen molar-refractivity contribution in [1.29, 1.82) is 0 Å². The molecule has 2 aliphatic heterocycles. The zero-order valence-electron chi connectivity index (χ0n) is 29.5. The molecule has 54 heavy (non-hydrogen) atoms. The van der Waals surface area contributed by atoms with Crippen LogP contribution in [0.2, 0.25) is 0 Å². The lowest BCUT2D eigenvalue weighted by Gasteiger charge is -2.29. The van der Waals surface area contributed by atoms with Crippen molar-refractivity contribution in [3.63, 3.8) is 0 Å². The maximum Gasteiger partial charge on any atom is 0.259 e. The molecule has 3 N–H and O–H groups in total. The molecule has 3 fully saturated rings. The minimum absolute atomic E-state index is 0.0151. The van der Waals surface area contributed by atoms with E-state index in [1.165, 1.54) is 23.4 Å². The summed E-state index contributed by atoms with van der Waals surface area (Å²) >= 11 is 0. The summed E-state index contributed by atoms with van der Waals surface area (Å²) in [5.74, 6) is -2.81. The van der Waals surface area contributed by atoms with E-state index in [2.05, 4.69) is 30.7 Å². The van der Waals surface area contributed by atoms with Gasteiger partial charge in [-0.1, -0.05) is 78.7 Å². The van der Waals surface area contributed by atoms with Crippen molar-refractivity contribution >= 4 is 39.4 Å². The predicted octanol–water partition coefficient (Wildman–Crippen LogP) is 3.00. The first-order chi connectivity index (χ1) is 26.1. The Balaban J connectivity index is 1.10. The molecule has 14 nitrogen and oxygen atoms in total. The molecule has 0 radical (unpaired) electrons. The number of hydrogen-bond donors (Lipinski definition) is 3. The second-order valence-corrected chi connectivity index (χ2v) is 16.6. The zero-order valence-corrected chi connectivity index (χ0v) is 30.3. The van der Waals surface area contributed by atoms with Crippen molar-refractivity contribution in [2.45, 2.75) is 86.8 Å². The fourth-order valence-corrected chi connectivity index (χ4v) is 9.09. The highest BCUT2D eigenvalue weighted by Crippen LogP contribution is 2.46. The summed E-state index contributed by atoms with van der Waals surface area (Å²) in [7, 11) is -3.89. The molecule has 4 amide bonds. The number of amides is 4. The molecular weight excluding hydrogens is 711 g/mol. The number of nitrogens with one attached hydrogen (secondary N) is 3. The quantitative estimate of drug-likeness (QED) is 0.188. The number of oxime groups is 1. The average molecular weight is 752 g/mol. The second kappa shape index (κ2) is 14.4. The Bertz CT molecular complexity index is 2110. The van der Waals surface area contributed by atoms with Crippen molar-refractivity contribution in [3.8, 4) is 11.1 Å². The highest BCUT2D eigenvalue weighted by molar-refractivity contribution is 7.91. The van der Waals surface area contributed by atoms with Gasteiger partial charge in [-0.25, -0.2) is 8.42 Å². The van der Waals surface area contributed by atoms with Gasteiger partial charge in [0.05, 0.1) is 29.8 Å². The third-order valence-electron chi connectivity index (χ3n) is 10.9. The van der Waals surface area contributed by atoms with Gasteiger partial charge in [0.15, 0.2) is 0 Å². The molecule has 0 bridgehead atoms. The van der Waals surface area contributed by atoms with Crippen molar-refractivity contribution in [2.24, 2.45) is 11.1 Å². The maximum atomic E-state index is 14.5. The number of benzene rings is 2. The first-order valence-corrected chi connectivity index (χ1v) is 20.0. The lowest BCUT2D eigenvalue weighted by atomic mass is 10.0. The smallest absolute Gasteiger partial charge is 0.259 e. The number of carbonyl (C=O) groups is 4. The maximum absolute atomic E-state index is 14.5. The van der Waals surface area contributed by atoms with Gasteiger partial charge in [0.1, 0.15) is 29.4 Å². The minimum Gasteiger partial charge on any atom is -0.390 e. The van der Waals surface area contributed by atoms with Gasteiger partial charge in [-0.2, -0.15) is 10.2 Å². The van der Waals surface area contributed by atoms with Crippen LogP contribution in [-0.2, 0) is 29.2 Å². The molecule has 1 saturated heterocycles. The van der Waals surface area contributed by atoms with E-state index >= 15 is 0 Å². The number of aromatic nitrogens is 2. The van der Waals surface area contributed by atoms with E-state index < -0.39 is 68.5 Å². The number of sulfonamides is 1. The summed E-state index contributed by atoms with van der Waals surface area (Å²) in [6, 6.07) is 15.2. The van der Waals surface area contributed by atoms with Gasteiger partial charge in [-0.15, -0.1) is 0 Å². The van der Waals surface area contributed by atoms with Gasteiger partial charge in [0.25, 0.3) is 11.8 Å². The first kappa shape index (κ1) is 35.6. The number of hydrogen-bond acceptors (Lipinski definition) is 10. The molecule has 3 heterocycles. The zero-order chi connectivity index (χ0) is 37.5. The molecule has 2 aromatic carbocycles. The highest BCUT2D eigenvalue weighted by Gasteiger charge is 2.62. The first-order valence-electron chi connectivity index (χ1n) is 18.5. The van der Waals surface area contributed by atoms with E-state index in [1.54, 1.807) is 0 Å². The Morgan fingerprint density at radius 3 is 2.33 bits per heavy atom. The van der Waals surface area contributed by atoms with Crippen LogP contribution in [0.3, 0.4) is 0 Å². The SMILES string of the molecule is O=C(N[C@H]1CCCCC/C=C\C2CC2(C(=O)NS(=O)(=O)C2CC2)NC(=O)[C@@H]2C[C@@H](ON=C3c4ccccc4-c4ccccc43)CN2C1=O)c1ccnnc1. The number of allylic oxidation sites excluding steroid dienone is 1. The Kier molecular flexibility index (Phi) is 9.50. The van der Waals surface area contributed by atoms with Crippen LogP contribution < -0.4 is 15.4 Å². The lowest BCUT2D eigenvalue weighted by Crippen LogP contribution is -2.58. The van der Waals surface area contributed by atoms with E-state index in [0.717, 1.165) is 35.1 Å². The van der Waals surface area contributed by atoms with Crippen molar-refractivity contribution < 1.29 is 32.4 Å². The van der Waals surface area contributed by atoms with Crippen molar-refractivity contribution in [1.82, 2.24) is 30.5 Å². The molecule has 2 saturated carbocycles. The largest absolute Gasteiger partial charge is 0.390 e. The molecule has 15 heteroatoms. The molecule has 0 spiro atoms. The minimum atomic E-state index is -3.89. The molecule has 5 aliphatic rings. The van der Waals surface area contributed by atoms with Gasteiger partial charge in [-0.05, 0) is 55.7 Å². The monoisotopic (exact) mass is 751 g/mol. The van der Waals surface area contributed by atoms with E-state index in [-0.39, 0.29) is 24.9 Å². The Morgan fingerprint density at radius 1 is 0.926 bits per heavy atom. The lowest BCUT2D eigenvalue weighted by molar-refractivity contribution is -0.141. The van der Waals surface area contributed by atoms with Crippen LogP contribution in [0.4, 0.5) is 0 Å². The summed E-state index contributed by atoms with van der Waals surface area (Å²) in [5, 5.41) is 17.2. The van der Waals surface area contributed by atoms with Gasteiger partial charge < -0.3 is 20.4 Å². The fraction of sp³-hybridized carbons (Fsp3) is 0.410. The molecule has 8 rings (SSSR count). The third-order valence-corrected chi connectivity index (χ3v) is 12.8. The molecular formula is C39H41N7O7S. The number of carbonyl (C=O) groups excluding carboxylic acids is 4. The molecule has 2 unspecified atom stereocenters. The van der Waals surface area contributed by atoms with Crippen LogP contribution in [-0.4, -0.2) is 88.4 Å². The van der Waals surface area contributed by atoms with E-state index in [1.807, 2.05) is 60.7 Å². The normalized spacial score (nSPS) is 27.1. The number of nitrogens with zero attached hydrogens (tertiary/aromatic N) is 4. The van der Waals surface area contributed by atoms with Gasteiger partial charge >= 0.3 is 0 Å². The van der Waals surface area contributed by atoms with Gasteiger partial charge in [0, 0.05) is 23.5 Å². The van der Waals surface area contributed by atoms with Crippen LogP contribution >= 0.6 is 0 Å². The standard InChI is InChI=1S/C39H41N7O7S/c47-35(24-18-19-40-41-22-24)42-32-15-5-3-1-2-4-10-25-21-39(25,38(50)45-54(51,52)27-16-17-27)43-36(48)33-20-26(23-46(33)37(32)49)53-44-34-30-13-8-6-11-28(30)29-12-7-9-14-31(29)34/h4,6-14,18-19,22,25-27,32-33H,1-3,5,15-17,20-21,23H2,(H,42,47)(H,43,48)(H,45,50)/b10-4-/t25?,26-,32+,33+,39?/m1/s1. The Morgan fingerprint density at radius 2 is 1.65 bits per heavy atom. The topological polar surface area (TPSA) is 189 Å². The molecule has 3 aromatic rings. The summed E-state index contributed by atoms with van der Waals surface area (Å²) in [6.45, 7) is -0.0151. The summed E-state index contributed by atoms with van der Waals surface area (Å²) < 4.78 is 27.9. The number of rotatable bonds is 7. The fourth-order valence-electron chi connectivity index (χ4n) is 7.72. The summed E-state index contributed by atoms with van der Waals surface area (Å²) in [4.78, 5) is 63.5. The summed E-state index contributed by atoms with van der Waals surface area (Å²) in [6.07, 6.45) is 10.2. The molecule has 280 valence electrons. The van der Waals surface area contributed by atoms with E-state index in [0.29, 0.717) is 37.8 Å².